The summed E-state index contributed by atoms with van der Waals surface area (Å²) in [4.78, 5) is 26.5. The molecule has 1 N–H and O–H groups in total. The van der Waals surface area contributed by atoms with Crippen molar-refractivity contribution < 1.29 is 9.59 Å². The van der Waals surface area contributed by atoms with Crippen molar-refractivity contribution in [1.82, 2.24) is 25.1 Å². The number of tetrazole rings is 1. The molecule has 0 spiro atoms. The number of carbonyl (C=O) groups excluding carboxylic acids is 2. The maximum Gasteiger partial charge on any atom is 0.248 e. The third kappa shape index (κ3) is 2.68. The van der Waals surface area contributed by atoms with Crippen molar-refractivity contribution in [3.63, 3.8) is 0 Å². The van der Waals surface area contributed by atoms with E-state index in [0.717, 1.165) is 17.7 Å². The number of thioether (sulfide) groups is 1. The van der Waals surface area contributed by atoms with Crippen LogP contribution in [0.4, 0.5) is 5.69 Å². The SMILES string of the molecule is Cc1ccc(NC(=O)C2CSC3(C)CCC(=O)N23)cc1-n1cnnn1. The van der Waals surface area contributed by atoms with Crippen molar-refractivity contribution in [3.05, 3.63) is 30.1 Å². The van der Waals surface area contributed by atoms with E-state index in [2.05, 4.69) is 20.8 Å². The molecule has 2 saturated heterocycles. The number of fused-ring (bicyclic) bond motifs is 1. The van der Waals surface area contributed by atoms with E-state index in [1.807, 2.05) is 32.0 Å². The van der Waals surface area contributed by atoms with Gasteiger partial charge in [0.05, 0.1) is 10.6 Å². The summed E-state index contributed by atoms with van der Waals surface area (Å²) in [5.41, 5.74) is 2.45. The molecule has 2 unspecified atom stereocenters. The summed E-state index contributed by atoms with van der Waals surface area (Å²) in [6, 6.07) is 5.15. The van der Waals surface area contributed by atoms with Crippen molar-refractivity contribution in [2.24, 2.45) is 0 Å². The Hall–Kier alpha value is -2.42. The fourth-order valence-electron chi connectivity index (χ4n) is 3.45. The Bertz CT molecular complexity index is 839. The minimum absolute atomic E-state index is 0.0611. The first-order valence-electron chi connectivity index (χ1n) is 8.09. The van der Waals surface area contributed by atoms with Gasteiger partial charge >= 0.3 is 0 Å². The van der Waals surface area contributed by atoms with Crippen LogP contribution in [0.25, 0.3) is 5.69 Å². The summed E-state index contributed by atoms with van der Waals surface area (Å²) in [5.74, 6) is 0.531. The van der Waals surface area contributed by atoms with Gasteiger partial charge in [-0.15, -0.1) is 16.9 Å². The minimum atomic E-state index is -0.428. The number of carbonyl (C=O) groups is 2. The fourth-order valence-corrected chi connectivity index (χ4v) is 4.88. The first-order chi connectivity index (χ1) is 12.0. The van der Waals surface area contributed by atoms with Crippen molar-refractivity contribution in [1.29, 1.82) is 0 Å². The molecule has 8 nitrogen and oxygen atoms in total. The molecule has 2 aliphatic heterocycles. The number of nitrogens with zero attached hydrogens (tertiary/aromatic N) is 5. The van der Waals surface area contributed by atoms with Crippen LogP contribution in [0.15, 0.2) is 24.5 Å². The standard InChI is InChI=1S/C16H18N6O2S/c1-10-3-4-11(7-12(10)21-9-17-19-20-21)18-15(24)13-8-25-16(2)6-5-14(23)22(13)16/h3-4,7,9,13H,5-6,8H2,1-2H3,(H,18,24). The molecule has 3 heterocycles. The minimum Gasteiger partial charge on any atom is -0.324 e. The topological polar surface area (TPSA) is 93.0 Å². The molecule has 0 aliphatic carbocycles. The molecule has 9 heteroatoms. The van der Waals surface area contributed by atoms with E-state index in [9.17, 15) is 9.59 Å². The maximum absolute atomic E-state index is 12.8. The van der Waals surface area contributed by atoms with Crippen LogP contribution in [0.1, 0.15) is 25.3 Å². The van der Waals surface area contributed by atoms with Gasteiger partial charge < -0.3 is 10.2 Å². The Labute approximate surface area is 149 Å². The normalized spacial score (nSPS) is 25.3. The van der Waals surface area contributed by atoms with Gasteiger partial charge in [0.25, 0.3) is 0 Å². The first-order valence-corrected chi connectivity index (χ1v) is 9.07. The van der Waals surface area contributed by atoms with Gasteiger partial charge in [-0.25, -0.2) is 4.68 Å². The monoisotopic (exact) mass is 358 g/mol. The Morgan fingerprint density at radius 2 is 2.28 bits per heavy atom. The molecule has 2 aromatic rings. The van der Waals surface area contributed by atoms with Crippen LogP contribution >= 0.6 is 11.8 Å². The molecule has 2 aliphatic rings. The molecule has 0 saturated carbocycles. The highest BCUT2D eigenvalue weighted by atomic mass is 32.2. The van der Waals surface area contributed by atoms with Crippen LogP contribution in [0.5, 0.6) is 0 Å². The van der Waals surface area contributed by atoms with Crippen molar-refractivity contribution in [3.8, 4) is 5.69 Å². The maximum atomic E-state index is 12.8. The lowest BCUT2D eigenvalue weighted by atomic mass is 10.1. The third-order valence-corrected chi connectivity index (χ3v) is 6.33. The van der Waals surface area contributed by atoms with Gasteiger partial charge in [-0.05, 0) is 48.4 Å². The Morgan fingerprint density at radius 1 is 1.44 bits per heavy atom. The average molecular weight is 358 g/mol. The molecule has 1 aromatic heterocycles. The van der Waals surface area contributed by atoms with Gasteiger partial charge in [-0.3, -0.25) is 9.59 Å². The molecular formula is C16H18N6O2S. The lowest BCUT2D eigenvalue weighted by Gasteiger charge is -2.29. The van der Waals surface area contributed by atoms with E-state index in [0.29, 0.717) is 17.9 Å². The predicted molar refractivity (Wildman–Crippen MR) is 93.3 cm³/mol. The van der Waals surface area contributed by atoms with Gasteiger partial charge in [-0.1, -0.05) is 6.07 Å². The van der Waals surface area contributed by atoms with Crippen LogP contribution in [-0.4, -0.2) is 53.6 Å². The van der Waals surface area contributed by atoms with E-state index in [1.54, 1.807) is 21.3 Å². The molecule has 4 rings (SSSR count). The van der Waals surface area contributed by atoms with Gasteiger partial charge in [0, 0.05) is 17.9 Å². The lowest BCUT2D eigenvalue weighted by Crippen LogP contribution is -2.48. The zero-order valence-electron chi connectivity index (χ0n) is 14.0. The van der Waals surface area contributed by atoms with Crippen LogP contribution in [-0.2, 0) is 9.59 Å². The molecule has 0 bridgehead atoms. The van der Waals surface area contributed by atoms with E-state index in [-0.39, 0.29) is 16.7 Å². The number of hydrogen-bond acceptors (Lipinski definition) is 6. The van der Waals surface area contributed by atoms with E-state index >= 15 is 0 Å². The summed E-state index contributed by atoms with van der Waals surface area (Å²) in [6.45, 7) is 3.99. The number of nitrogens with one attached hydrogen (secondary N) is 1. The summed E-state index contributed by atoms with van der Waals surface area (Å²) in [7, 11) is 0. The van der Waals surface area contributed by atoms with Crippen molar-refractivity contribution in [2.75, 3.05) is 11.1 Å². The van der Waals surface area contributed by atoms with E-state index in [1.165, 1.54) is 6.33 Å². The highest BCUT2D eigenvalue weighted by Gasteiger charge is 2.52. The second-order valence-electron chi connectivity index (χ2n) is 6.51. The Morgan fingerprint density at radius 3 is 3.04 bits per heavy atom. The number of amides is 2. The molecule has 130 valence electrons. The number of rotatable bonds is 3. The number of anilines is 1. The zero-order valence-corrected chi connectivity index (χ0v) is 14.8. The van der Waals surface area contributed by atoms with Gasteiger partial charge in [0.15, 0.2) is 0 Å². The lowest BCUT2D eigenvalue weighted by molar-refractivity contribution is -0.135. The number of aromatic nitrogens is 4. The van der Waals surface area contributed by atoms with Gasteiger partial charge in [0.2, 0.25) is 11.8 Å². The summed E-state index contributed by atoms with van der Waals surface area (Å²) < 4.78 is 1.55. The second kappa shape index (κ2) is 5.83. The highest BCUT2D eigenvalue weighted by molar-refractivity contribution is 8.01. The first kappa shape index (κ1) is 16.1. The fraction of sp³-hybridized carbons (Fsp3) is 0.438. The van der Waals surface area contributed by atoms with Crippen LogP contribution < -0.4 is 5.32 Å². The van der Waals surface area contributed by atoms with Crippen LogP contribution in [0, 0.1) is 6.92 Å². The van der Waals surface area contributed by atoms with E-state index in [4.69, 9.17) is 0 Å². The molecule has 1 aromatic carbocycles. The summed E-state index contributed by atoms with van der Waals surface area (Å²) in [6.07, 6.45) is 2.82. The van der Waals surface area contributed by atoms with Gasteiger partial charge in [-0.2, -0.15) is 0 Å². The second-order valence-corrected chi connectivity index (χ2v) is 8.01. The number of aryl methyl sites for hydroxylation is 1. The third-order valence-electron chi connectivity index (χ3n) is 4.82. The highest BCUT2D eigenvalue weighted by Crippen LogP contribution is 2.47. The molecule has 2 atom stereocenters. The van der Waals surface area contributed by atoms with Crippen molar-refractivity contribution >= 4 is 29.3 Å². The predicted octanol–water partition coefficient (Wildman–Crippen LogP) is 1.36. The van der Waals surface area contributed by atoms with E-state index < -0.39 is 6.04 Å². The number of benzene rings is 1. The van der Waals surface area contributed by atoms with Crippen LogP contribution in [0.2, 0.25) is 0 Å². The van der Waals surface area contributed by atoms with Gasteiger partial charge in [0.1, 0.15) is 12.4 Å². The molecular weight excluding hydrogens is 340 g/mol. The molecule has 2 amide bonds. The molecule has 2 fully saturated rings. The summed E-state index contributed by atoms with van der Waals surface area (Å²) in [5, 5.41) is 14.1. The average Bonchev–Trinajstić information content (AvgIpc) is 3.28. The zero-order chi connectivity index (χ0) is 17.6. The Kier molecular flexibility index (Phi) is 3.75. The van der Waals surface area contributed by atoms with Crippen molar-refractivity contribution in [2.45, 2.75) is 37.6 Å². The molecule has 25 heavy (non-hydrogen) atoms. The largest absolute Gasteiger partial charge is 0.324 e. The Balaban J connectivity index is 1.56. The number of hydrogen-bond donors (Lipinski definition) is 1. The summed E-state index contributed by atoms with van der Waals surface area (Å²) >= 11 is 1.68. The quantitative estimate of drug-likeness (QED) is 0.891. The van der Waals surface area contributed by atoms with Crippen LogP contribution in [0.3, 0.4) is 0 Å². The smallest absolute Gasteiger partial charge is 0.248 e. The molecule has 0 radical (unpaired) electrons.